The van der Waals surface area contributed by atoms with Crippen LogP contribution >= 0.6 is 11.3 Å². The Morgan fingerprint density at radius 3 is 3.06 bits per heavy atom. The predicted octanol–water partition coefficient (Wildman–Crippen LogP) is 0.369. The molecule has 0 radical (unpaired) electrons. The maximum Gasteiger partial charge on any atom is 0.328 e. The number of thiazole rings is 1. The number of hydrogen-bond acceptors (Lipinski definition) is 7. The van der Waals surface area contributed by atoms with Gasteiger partial charge < -0.3 is 10.5 Å². The quantitative estimate of drug-likeness (QED) is 0.791. The number of esters is 1. The summed E-state index contributed by atoms with van der Waals surface area (Å²) < 4.78 is 6.36. The summed E-state index contributed by atoms with van der Waals surface area (Å²) in [6, 6.07) is 0. The van der Waals surface area contributed by atoms with Gasteiger partial charge in [0.1, 0.15) is 24.5 Å². The molecule has 0 aliphatic rings. The van der Waals surface area contributed by atoms with Crippen LogP contribution in [0, 0.1) is 6.92 Å². The first-order chi connectivity index (χ1) is 8.13. The monoisotopic (exact) mass is 253 g/mol. The zero-order chi connectivity index (χ0) is 12.3. The van der Waals surface area contributed by atoms with Crippen molar-refractivity contribution in [3.05, 3.63) is 22.4 Å². The molecule has 2 N–H and O–H groups in total. The van der Waals surface area contributed by atoms with Gasteiger partial charge in [0.25, 0.3) is 0 Å². The molecule has 0 saturated heterocycles. The van der Waals surface area contributed by atoms with E-state index in [-0.39, 0.29) is 19.1 Å². The fourth-order valence-electron chi connectivity index (χ4n) is 1.17. The third-order valence-electron chi connectivity index (χ3n) is 1.87. The van der Waals surface area contributed by atoms with E-state index in [4.69, 9.17) is 10.5 Å². The van der Waals surface area contributed by atoms with Gasteiger partial charge in [0.2, 0.25) is 5.95 Å². The second kappa shape index (κ2) is 4.91. The molecule has 0 atom stereocenters. The number of nitrogen functional groups attached to an aromatic ring is 1. The van der Waals surface area contributed by atoms with Gasteiger partial charge in [0.05, 0.1) is 0 Å². The van der Waals surface area contributed by atoms with Crippen molar-refractivity contribution in [2.45, 2.75) is 20.1 Å². The molecule has 17 heavy (non-hydrogen) atoms. The number of nitrogens with zero attached hydrogens (tertiary/aromatic N) is 4. The van der Waals surface area contributed by atoms with E-state index in [2.05, 4.69) is 15.1 Å². The van der Waals surface area contributed by atoms with E-state index in [1.165, 1.54) is 22.3 Å². The number of anilines is 1. The highest BCUT2D eigenvalue weighted by Gasteiger charge is 2.07. The summed E-state index contributed by atoms with van der Waals surface area (Å²) in [6.45, 7) is 2.07. The molecule has 2 heterocycles. The zero-order valence-electron chi connectivity index (χ0n) is 9.16. The molecule has 0 amide bonds. The van der Waals surface area contributed by atoms with Crippen LogP contribution in [0.4, 0.5) is 5.95 Å². The molecule has 0 saturated carbocycles. The summed E-state index contributed by atoms with van der Waals surface area (Å²) in [5.41, 5.74) is 6.24. The summed E-state index contributed by atoms with van der Waals surface area (Å²) in [6.07, 6.45) is 1.38. The van der Waals surface area contributed by atoms with Crippen LogP contribution < -0.4 is 5.73 Å². The topological polar surface area (TPSA) is 95.9 Å². The minimum Gasteiger partial charge on any atom is -0.457 e. The average Bonchev–Trinajstić information content (AvgIpc) is 2.85. The van der Waals surface area contributed by atoms with Crippen LogP contribution in [0.25, 0.3) is 0 Å². The Labute approximate surface area is 101 Å². The minimum atomic E-state index is -0.400. The van der Waals surface area contributed by atoms with Crippen molar-refractivity contribution in [1.29, 1.82) is 0 Å². The van der Waals surface area contributed by atoms with Crippen LogP contribution in [-0.4, -0.2) is 25.7 Å². The molecule has 2 aromatic heterocycles. The maximum absolute atomic E-state index is 11.4. The fourth-order valence-corrected chi connectivity index (χ4v) is 1.86. The number of hydrogen-bond donors (Lipinski definition) is 1. The van der Waals surface area contributed by atoms with Crippen molar-refractivity contribution in [2.24, 2.45) is 0 Å². The van der Waals surface area contributed by atoms with Crippen molar-refractivity contribution in [3.63, 3.8) is 0 Å². The molecular formula is C9H11N5O2S. The molecular weight excluding hydrogens is 242 g/mol. The highest BCUT2D eigenvalue weighted by molar-refractivity contribution is 7.09. The minimum absolute atomic E-state index is 0.00540. The molecule has 0 spiro atoms. The lowest BCUT2D eigenvalue weighted by Crippen LogP contribution is -2.14. The summed E-state index contributed by atoms with van der Waals surface area (Å²) in [4.78, 5) is 19.3. The molecule has 2 rings (SSSR count). The molecule has 0 fully saturated rings. The smallest absolute Gasteiger partial charge is 0.328 e. The second-order valence-electron chi connectivity index (χ2n) is 3.34. The third-order valence-corrected chi connectivity index (χ3v) is 2.81. The van der Waals surface area contributed by atoms with Gasteiger partial charge in [0, 0.05) is 11.1 Å². The van der Waals surface area contributed by atoms with Crippen molar-refractivity contribution in [3.8, 4) is 0 Å². The standard InChI is InChI=1S/C9H11N5O2S/c1-6-4-17-7(12-6)3-16-8(15)2-14-5-11-9(10)13-14/h4-5H,2-3H2,1H3,(H2,10,13). The number of carbonyl (C=O) groups excluding carboxylic acids is 1. The fraction of sp³-hybridized carbons (Fsp3) is 0.333. The van der Waals surface area contributed by atoms with Gasteiger partial charge in [-0.05, 0) is 6.92 Å². The number of nitrogens with two attached hydrogens (primary N) is 1. The zero-order valence-corrected chi connectivity index (χ0v) is 9.98. The molecule has 7 nitrogen and oxygen atoms in total. The number of aryl methyl sites for hydroxylation is 1. The number of rotatable bonds is 4. The predicted molar refractivity (Wildman–Crippen MR) is 61.1 cm³/mol. The van der Waals surface area contributed by atoms with Crippen LogP contribution in [0.3, 0.4) is 0 Å². The van der Waals surface area contributed by atoms with Crippen LogP contribution in [0.2, 0.25) is 0 Å². The van der Waals surface area contributed by atoms with E-state index in [1.54, 1.807) is 0 Å². The van der Waals surface area contributed by atoms with Gasteiger partial charge in [-0.15, -0.1) is 16.4 Å². The molecule has 0 aromatic carbocycles. The van der Waals surface area contributed by atoms with Gasteiger partial charge in [-0.25, -0.2) is 14.6 Å². The lowest BCUT2D eigenvalue weighted by molar-refractivity contribution is -0.145. The lowest BCUT2D eigenvalue weighted by Gasteiger charge is -2.01. The Kier molecular flexibility index (Phi) is 3.33. The summed E-state index contributed by atoms with van der Waals surface area (Å²) >= 11 is 1.46. The lowest BCUT2D eigenvalue weighted by atomic mass is 10.6. The Morgan fingerprint density at radius 2 is 2.47 bits per heavy atom. The molecule has 0 aliphatic heterocycles. The highest BCUT2D eigenvalue weighted by Crippen LogP contribution is 2.09. The molecule has 90 valence electrons. The highest BCUT2D eigenvalue weighted by atomic mass is 32.1. The summed E-state index contributed by atoms with van der Waals surface area (Å²) in [5, 5.41) is 6.46. The number of ether oxygens (including phenoxy) is 1. The van der Waals surface area contributed by atoms with Gasteiger partial charge in [-0.2, -0.15) is 0 Å². The van der Waals surface area contributed by atoms with E-state index < -0.39 is 5.97 Å². The molecule has 0 aliphatic carbocycles. The van der Waals surface area contributed by atoms with E-state index in [1.807, 2.05) is 12.3 Å². The van der Waals surface area contributed by atoms with Crippen LogP contribution in [-0.2, 0) is 22.7 Å². The number of aromatic nitrogens is 4. The largest absolute Gasteiger partial charge is 0.457 e. The van der Waals surface area contributed by atoms with Crippen molar-refractivity contribution >= 4 is 23.3 Å². The normalized spacial score (nSPS) is 10.4. The Bertz CT molecular complexity index is 521. The van der Waals surface area contributed by atoms with E-state index >= 15 is 0 Å². The van der Waals surface area contributed by atoms with Crippen molar-refractivity contribution in [1.82, 2.24) is 19.7 Å². The van der Waals surface area contributed by atoms with Crippen molar-refractivity contribution in [2.75, 3.05) is 5.73 Å². The van der Waals surface area contributed by atoms with Crippen LogP contribution in [0.1, 0.15) is 10.7 Å². The Morgan fingerprint density at radius 1 is 1.65 bits per heavy atom. The first-order valence-corrected chi connectivity index (χ1v) is 5.73. The number of carbonyl (C=O) groups is 1. The summed E-state index contributed by atoms with van der Waals surface area (Å²) in [5.74, 6) is -0.267. The molecule has 0 unspecified atom stereocenters. The van der Waals surface area contributed by atoms with E-state index in [0.717, 1.165) is 10.7 Å². The molecule has 0 bridgehead atoms. The van der Waals surface area contributed by atoms with E-state index in [0.29, 0.717) is 0 Å². The second-order valence-corrected chi connectivity index (χ2v) is 4.29. The molecule has 8 heteroatoms. The maximum atomic E-state index is 11.4. The first kappa shape index (κ1) is 11.5. The first-order valence-electron chi connectivity index (χ1n) is 4.85. The van der Waals surface area contributed by atoms with Gasteiger partial charge in [-0.1, -0.05) is 0 Å². The Balaban J connectivity index is 1.82. The van der Waals surface area contributed by atoms with Crippen LogP contribution in [0.5, 0.6) is 0 Å². The van der Waals surface area contributed by atoms with E-state index in [9.17, 15) is 4.79 Å². The van der Waals surface area contributed by atoms with Gasteiger partial charge >= 0.3 is 5.97 Å². The van der Waals surface area contributed by atoms with Crippen LogP contribution in [0.15, 0.2) is 11.7 Å². The van der Waals surface area contributed by atoms with Crippen molar-refractivity contribution < 1.29 is 9.53 Å². The van der Waals surface area contributed by atoms with Gasteiger partial charge in [0.15, 0.2) is 0 Å². The van der Waals surface area contributed by atoms with Gasteiger partial charge in [-0.3, -0.25) is 4.79 Å². The third kappa shape index (κ3) is 3.25. The average molecular weight is 253 g/mol. The Hall–Kier alpha value is -1.96. The molecule has 2 aromatic rings. The summed E-state index contributed by atoms with van der Waals surface area (Å²) in [7, 11) is 0. The SMILES string of the molecule is Cc1csc(COC(=O)Cn2cnc(N)n2)n1.